The lowest BCUT2D eigenvalue weighted by molar-refractivity contribution is -0.165. The third-order valence-electron chi connectivity index (χ3n) is 3.36. The second kappa shape index (κ2) is 6.41. The summed E-state index contributed by atoms with van der Waals surface area (Å²) in [6.45, 7) is 10.1. The lowest BCUT2D eigenvalue weighted by Gasteiger charge is -2.25. The molecule has 1 fully saturated rings. The number of aliphatic hydroxyl groups excluding tert-OH is 1. The van der Waals surface area contributed by atoms with Crippen LogP contribution >= 0.6 is 0 Å². The van der Waals surface area contributed by atoms with Gasteiger partial charge in [-0.3, -0.25) is 0 Å². The lowest BCUT2D eigenvalue weighted by Crippen LogP contribution is -2.36. The quantitative estimate of drug-likeness (QED) is 0.322. The molecule has 1 saturated heterocycles. The molecular formula is C15H28O5. The van der Waals surface area contributed by atoms with Gasteiger partial charge in [0.1, 0.15) is 5.60 Å². The van der Waals surface area contributed by atoms with E-state index in [9.17, 15) is 4.79 Å². The number of hydrogen-bond donors (Lipinski definition) is 1. The molecule has 0 saturated carbocycles. The molecule has 0 radical (unpaired) electrons. The molecule has 0 aromatic heterocycles. The van der Waals surface area contributed by atoms with Crippen molar-refractivity contribution in [2.45, 2.75) is 78.1 Å². The highest BCUT2D eigenvalue weighted by atomic mass is 17.4. The summed E-state index contributed by atoms with van der Waals surface area (Å²) < 4.78 is 5.35. The normalized spacial score (nSPS) is 17.9. The summed E-state index contributed by atoms with van der Waals surface area (Å²) >= 11 is 0. The van der Waals surface area contributed by atoms with Crippen LogP contribution in [0.25, 0.3) is 0 Å². The zero-order valence-corrected chi connectivity index (χ0v) is 13.3. The molecule has 0 spiro atoms. The van der Waals surface area contributed by atoms with E-state index < -0.39 is 17.4 Å². The van der Waals surface area contributed by atoms with E-state index in [4.69, 9.17) is 19.6 Å². The van der Waals surface area contributed by atoms with Gasteiger partial charge in [0.05, 0.1) is 0 Å². The van der Waals surface area contributed by atoms with Crippen molar-refractivity contribution in [2.75, 3.05) is 6.61 Å². The van der Waals surface area contributed by atoms with Gasteiger partial charge < -0.3 is 9.84 Å². The van der Waals surface area contributed by atoms with Gasteiger partial charge >= 0.3 is 11.8 Å². The maximum atomic E-state index is 12.1. The molecule has 1 aliphatic rings. The molecule has 0 amide bonds. The first-order chi connectivity index (χ1) is 9.10. The third-order valence-corrected chi connectivity index (χ3v) is 3.36. The Morgan fingerprint density at radius 1 is 1.10 bits per heavy atom. The number of aliphatic hydroxyl groups is 1. The van der Waals surface area contributed by atoms with Crippen LogP contribution in [0.1, 0.15) is 66.7 Å². The van der Waals surface area contributed by atoms with Crippen LogP contribution < -0.4 is 0 Å². The van der Waals surface area contributed by atoms with Gasteiger partial charge in [0.15, 0.2) is 0 Å². The average molecular weight is 288 g/mol. The van der Waals surface area contributed by atoms with E-state index in [-0.39, 0.29) is 6.61 Å². The fourth-order valence-electron chi connectivity index (χ4n) is 1.97. The SMILES string of the molecule is CC(C)(C)CCCCC1(C(=O)OC(C)(C)CCO)OO1. The highest BCUT2D eigenvalue weighted by Crippen LogP contribution is 2.38. The molecule has 5 heteroatoms. The molecule has 0 aromatic rings. The molecule has 0 atom stereocenters. The van der Waals surface area contributed by atoms with Crippen molar-refractivity contribution in [3.05, 3.63) is 0 Å². The Labute approximate surface area is 121 Å². The van der Waals surface area contributed by atoms with Crippen LogP contribution in [-0.2, 0) is 19.3 Å². The van der Waals surface area contributed by atoms with Crippen LogP contribution in [0.5, 0.6) is 0 Å². The Morgan fingerprint density at radius 2 is 1.70 bits per heavy atom. The van der Waals surface area contributed by atoms with Crippen LogP contribution in [0.15, 0.2) is 0 Å². The standard InChI is InChI=1S/C15H28O5/c1-13(2,3)8-6-7-9-15(19-20-15)12(17)18-14(4,5)10-11-16/h16H,6-11H2,1-5H3. The number of esters is 1. The first kappa shape index (κ1) is 17.4. The predicted octanol–water partition coefficient (Wildman–Crippen LogP) is 2.96. The Morgan fingerprint density at radius 3 is 2.15 bits per heavy atom. The number of rotatable bonds is 8. The Bertz CT molecular complexity index is 326. The van der Waals surface area contributed by atoms with Crippen molar-refractivity contribution in [2.24, 2.45) is 5.41 Å². The first-order valence-electron chi connectivity index (χ1n) is 7.31. The first-order valence-corrected chi connectivity index (χ1v) is 7.31. The highest BCUT2D eigenvalue weighted by molar-refractivity contribution is 5.79. The Kier molecular flexibility index (Phi) is 5.58. The van der Waals surface area contributed by atoms with Crippen LogP contribution in [0.3, 0.4) is 0 Å². The maximum Gasteiger partial charge on any atom is 0.373 e. The topological polar surface area (TPSA) is 71.6 Å². The van der Waals surface area contributed by atoms with Gasteiger partial charge in [-0.25, -0.2) is 4.79 Å². The molecule has 1 rings (SSSR count). The maximum absolute atomic E-state index is 12.1. The van der Waals surface area contributed by atoms with E-state index >= 15 is 0 Å². The molecular weight excluding hydrogens is 260 g/mol. The van der Waals surface area contributed by atoms with Gasteiger partial charge in [0.2, 0.25) is 0 Å². The molecule has 0 aliphatic carbocycles. The van der Waals surface area contributed by atoms with Gasteiger partial charge in [-0.15, -0.1) is 0 Å². The number of carbonyl (C=O) groups excluding carboxylic acids is 1. The fraction of sp³-hybridized carbons (Fsp3) is 0.933. The fourth-order valence-corrected chi connectivity index (χ4v) is 1.97. The van der Waals surface area contributed by atoms with E-state index in [1.54, 1.807) is 13.8 Å². The Balaban J connectivity index is 2.36. The molecule has 5 nitrogen and oxygen atoms in total. The average Bonchev–Trinajstić information content (AvgIpc) is 3.03. The van der Waals surface area contributed by atoms with Crippen molar-refractivity contribution >= 4 is 5.97 Å². The van der Waals surface area contributed by atoms with Crippen molar-refractivity contribution in [1.29, 1.82) is 0 Å². The molecule has 0 unspecified atom stereocenters. The minimum atomic E-state index is -1.20. The van der Waals surface area contributed by atoms with Gasteiger partial charge in [0.25, 0.3) is 0 Å². The zero-order valence-electron chi connectivity index (χ0n) is 13.3. The smallest absolute Gasteiger partial charge is 0.373 e. The predicted molar refractivity (Wildman–Crippen MR) is 74.7 cm³/mol. The summed E-state index contributed by atoms with van der Waals surface area (Å²) in [5.41, 5.74) is -0.415. The van der Waals surface area contributed by atoms with Gasteiger partial charge in [0, 0.05) is 19.4 Å². The Hall–Kier alpha value is -0.650. The van der Waals surface area contributed by atoms with Crippen LogP contribution in [-0.4, -0.2) is 29.1 Å². The molecule has 1 N–H and O–H groups in total. The molecule has 118 valence electrons. The van der Waals surface area contributed by atoms with Crippen molar-refractivity contribution in [3.63, 3.8) is 0 Å². The minimum absolute atomic E-state index is 0.0272. The summed E-state index contributed by atoms with van der Waals surface area (Å²) in [6.07, 6.45) is 3.86. The second-order valence-corrected chi connectivity index (χ2v) is 7.31. The lowest BCUT2D eigenvalue weighted by atomic mass is 9.89. The van der Waals surface area contributed by atoms with Crippen LogP contribution in [0.2, 0.25) is 0 Å². The number of unbranched alkanes of at least 4 members (excludes halogenated alkanes) is 1. The zero-order chi connectivity index (χ0) is 15.4. The van der Waals surface area contributed by atoms with Gasteiger partial charge in [-0.1, -0.05) is 27.2 Å². The van der Waals surface area contributed by atoms with Crippen LogP contribution in [0, 0.1) is 5.41 Å². The minimum Gasteiger partial charge on any atom is -0.455 e. The molecule has 20 heavy (non-hydrogen) atoms. The summed E-state index contributed by atoms with van der Waals surface area (Å²) in [5.74, 6) is -1.70. The van der Waals surface area contributed by atoms with Crippen molar-refractivity contribution < 1.29 is 24.4 Å². The second-order valence-electron chi connectivity index (χ2n) is 7.31. The summed E-state index contributed by atoms with van der Waals surface area (Å²) in [6, 6.07) is 0. The third kappa shape index (κ3) is 5.77. The summed E-state index contributed by atoms with van der Waals surface area (Å²) in [5, 5.41) is 8.93. The largest absolute Gasteiger partial charge is 0.455 e. The van der Waals surface area contributed by atoms with Gasteiger partial charge in [-0.2, -0.15) is 9.78 Å². The van der Waals surface area contributed by atoms with E-state index in [0.29, 0.717) is 18.3 Å². The molecule has 0 bridgehead atoms. The summed E-state index contributed by atoms with van der Waals surface area (Å²) in [7, 11) is 0. The van der Waals surface area contributed by atoms with Crippen molar-refractivity contribution in [1.82, 2.24) is 0 Å². The van der Waals surface area contributed by atoms with Gasteiger partial charge in [-0.05, 0) is 32.1 Å². The number of ether oxygens (including phenoxy) is 1. The molecule has 1 aliphatic heterocycles. The van der Waals surface area contributed by atoms with E-state index in [2.05, 4.69) is 20.8 Å². The van der Waals surface area contributed by atoms with Crippen molar-refractivity contribution in [3.8, 4) is 0 Å². The van der Waals surface area contributed by atoms with E-state index in [1.807, 2.05) is 0 Å². The van der Waals surface area contributed by atoms with E-state index in [0.717, 1.165) is 19.3 Å². The van der Waals surface area contributed by atoms with Crippen LogP contribution in [0.4, 0.5) is 0 Å². The highest BCUT2D eigenvalue weighted by Gasteiger charge is 2.58. The monoisotopic (exact) mass is 288 g/mol. The summed E-state index contributed by atoms with van der Waals surface area (Å²) in [4.78, 5) is 21.8. The number of hydrogen-bond acceptors (Lipinski definition) is 5. The number of carbonyl (C=O) groups is 1. The molecule has 1 heterocycles. The van der Waals surface area contributed by atoms with E-state index in [1.165, 1.54) is 0 Å². The molecule has 0 aromatic carbocycles.